The Labute approximate surface area is 104 Å². The van der Waals surface area contributed by atoms with Crippen LogP contribution in [0, 0.1) is 5.92 Å². The van der Waals surface area contributed by atoms with Gasteiger partial charge in [0.05, 0.1) is 5.41 Å². The summed E-state index contributed by atoms with van der Waals surface area (Å²) in [5.74, 6) is 0.980. The van der Waals surface area contributed by atoms with Crippen LogP contribution < -0.4 is 0 Å². The van der Waals surface area contributed by atoms with Crippen molar-refractivity contribution in [3.63, 3.8) is 0 Å². The van der Waals surface area contributed by atoms with E-state index in [1.165, 1.54) is 12.0 Å². The largest absolute Gasteiger partial charge is 0.299 e. The zero-order valence-electron chi connectivity index (χ0n) is 10.9. The summed E-state index contributed by atoms with van der Waals surface area (Å²) in [7, 11) is 0. The topological polar surface area (TPSA) is 17.1 Å². The number of carbonyl (C=O) groups excluding carboxylic acids is 1. The van der Waals surface area contributed by atoms with Gasteiger partial charge >= 0.3 is 0 Å². The van der Waals surface area contributed by atoms with E-state index in [9.17, 15) is 4.79 Å². The Hall–Kier alpha value is -1.11. The monoisotopic (exact) mass is 230 g/mol. The van der Waals surface area contributed by atoms with E-state index in [2.05, 4.69) is 26.0 Å². The number of carbonyl (C=O) groups is 1. The summed E-state index contributed by atoms with van der Waals surface area (Å²) in [6, 6.07) is 10.4. The molecule has 17 heavy (non-hydrogen) atoms. The fraction of sp³-hybridized carbons (Fsp3) is 0.562. The summed E-state index contributed by atoms with van der Waals surface area (Å²) in [6.45, 7) is 4.34. The minimum Gasteiger partial charge on any atom is -0.299 e. The molecule has 1 aliphatic carbocycles. The lowest BCUT2D eigenvalue weighted by atomic mass is 9.60. The molecular formula is C16H22O. The molecule has 0 heterocycles. The van der Waals surface area contributed by atoms with Crippen molar-refractivity contribution in [1.82, 2.24) is 0 Å². The van der Waals surface area contributed by atoms with Crippen LogP contribution in [-0.4, -0.2) is 5.78 Å². The van der Waals surface area contributed by atoms with Gasteiger partial charge in [-0.15, -0.1) is 0 Å². The third kappa shape index (κ3) is 2.29. The van der Waals surface area contributed by atoms with Gasteiger partial charge in [0.1, 0.15) is 5.78 Å². The van der Waals surface area contributed by atoms with Gasteiger partial charge in [-0.2, -0.15) is 0 Å². The van der Waals surface area contributed by atoms with Crippen LogP contribution >= 0.6 is 0 Å². The molecule has 1 fully saturated rings. The molecule has 1 saturated carbocycles. The van der Waals surface area contributed by atoms with Crippen LogP contribution in [0.2, 0.25) is 0 Å². The average Bonchev–Trinajstić information content (AvgIpc) is 2.28. The summed E-state index contributed by atoms with van der Waals surface area (Å²) < 4.78 is 0. The molecule has 0 radical (unpaired) electrons. The number of hydrogen-bond donors (Lipinski definition) is 0. The molecular weight excluding hydrogens is 208 g/mol. The second-order valence-corrected chi connectivity index (χ2v) is 5.44. The van der Waals surface area contributed by atoms with E-state index in [1.807, 2.05) is 18.2 Å². The first-order valence-electron chi connectivity index (χ1n) is 6.78. The second-order valence-electron chi connectivity index (χ2n) is 5.44. The maximum atomic E-state index is 12.5. The highest BCUT2D eigenvalue weighted by atomic mass is 16.1. The van der Waals surface area contributed by atoms with Crippen LogP contribution in [0.25, 0.3) is 0 Å². The Morgan fingerprint density at radius 3 is 2.41 bits per heavy atom. The number of Topliss-reactive ketones (excluding diaryl/α,β-unsaturated/α-hetero) is 1. The van der Waals surface area contributed by atoms with Crippen molar-refractivity contribution in [2.75, 3.05) is 0 Å². The third-order valence-corrected chi connectivity index (χ3v) is 4.30. The van der Waals surface area contributed by atoms with Crippen molar-refractivity contribution >= 4 is 5.78 Å². The Morgan fingerprint density at radius 1 is 1.29 bits per heavy atom. The molecule has 0 bridgehead atoms. The maximum Gasteiger partial charge on any atom is 0.143 e. The van der Waals surface area contributed by atoms with Crippen molar-refractivity contribution in [2.45, 2.75) is 51.4 Å². The quantitative estimate of drug-likeness (QED) is 0.744. The number of hydrogen-bond acceptors (Lipinski definition) is 1. The molecule has 0 saturated heterocycles. The van der Waals surface area contributed by atoms with E-state index in [0.717, 1.165) is 25.7 Å². The van der Waals surface area contributed by atoms with E-state index < -0.39 is 0 Å². The Morgan fingerprint density at radius 2 is 1.94 bits per heavy atom. The predicted octanol–water partition coefficient (Wildman–Crippen LogP) is 4.11. The fourth-order valence-corrected chi connectivity index (χ4v) is 2.67. The lowest BCUT2D eigenvalue weighted by Gasteiger charge is -2.41. The summed E-state index contributed by atoms with van der Waals surface area (Å²) in [4.78, 5) is 12.5. The number of ketones is 1. The molecule has 1 nitrogen and oxygen atoms in total. The lowest BCUT2D eigenvalue weighted by molar-refractivity contribution is -0.128. The molecule has 0 N–H and O–H groups in total. The van der Waals surface area contributed by atoms with E-state index in [4.69, 9.17) is 0 Å². The predicted molar refractivity (Wildman–Crippen MR) is 71.1 cm³/mol. The minimum absolute atomic E-state index is 0.134. The molecule has 0 aliphatic heterocycles. The van der Waals surface area contributed by atoms with Gasteiger partial charge in [0.2, 0.25) is 0 Å². The van der Waals surface area contributed by atoms with Crippen molar-refractivity contribution < 1.29 is 4.79 Å². The minimum atomic E-state index is -0.134. The lowest BCUT2D eigenvalue weighted by Crippen LogP contribution is -2.43. The molecule has 2 rings (SSSR count). The Kier molecular flexibility index (Phi) is 3.66. The van der Waals surface area contributed by atoms with E-state index in [-0.39, 0.29) is 5.41 Å². The first kappa shape index (κ1) is 12.3. The van der Waals surface area contributed by atoms with Crippen molar-refractivity contribution in [1.29, 1.82) is 0 Å². The molecule has 1 atom stereocenters. The van der Waals surface area contributed by atoms with Crippen LogP contribution in [0.3, 0.4) is 0 Å². The van der Waals surface area contributed by atoms with E-state index >= 15 is 0 Å². The standard InChI is InChI=1S/C16H22O/c1-3-13(2)12-15(17)16(10-7-11-16)14-8-5-4-6-9-14/h4-6,8-9,13H,3,7,10-12H2,1-2H3. The molecule has 0 amide bonds. The highest BCUT2D eigenvalue weighted by Gasteiger charge is 2.44. The van der Waals surface area contributed by atoms with Crippen molar-refractivity contribution in [3.8, 4) is 0 Å². The second kappa shape index (κ2) is 5.03. The highest BCUT2D eigenvalue weighted by molar-refractivity contribution is 5.91. The van der Waals surface area contributed by atoms with Crippen molar-refractivity contribution in [2.24, 2.45) is 5.92 Å². The normalized spacial score (nSPS) is 19.4. The van der Waals surface area contributed by atoms with Gasteiger partial charge in [0.15, 0.2) is 0 Å². The molecule has 1 heteroatoms. The highest BCUT2D eigenvalue weighted by Crippen LogP contribution is 2.45. The van der Waals surface area contributed by atoms with Crippen LogP contribution in [-0.2, 0) is 10.2 Å². The SMILES string of the molecule is CCC(C)CC(=O)C1(c2ccccc2)CCC1. The summed E-state index contributed by atoms with van der Waals surface area (Å²) in [6.07, 6.45) is 5.13. The summed E-state index contributed by atoms with van der Waals surface area (Å²) >= 11 is 0. The summed E-state index contributed by atoms with van der Waals surface area (Å²) in [5.41, 5.74) is 1.10. The molecule has 92 valence electrons. The van der Waals surface area contributed by atoms with Gasteiger partial charge < -0.3 is 0 Å². The Bertz CT molecular complexity index is 376. The van der Waals surface area contributed by atoms with E-state index in [1.54, 1.807) is 0 Å². The first-order valence-corrected chi connectivity index (χ1v) is 6.78. The van der Waals surface area contributed by atoms with Gasteiger partial charge in [-0.1, -0.05) is 57.0 Å². The number of benzene rings is 1. The van der Waals surface area contributed by atoms with E-state index in [0.29, 0.717) is 11.7 Å². The van der Waals surface area contributed by atoms with Crippen LogP contribution in [0.15, 0.2) is 30.3 Å². The molecule has 1 unspecified atom stereocenters. The number of rotatable bonds is 5. The molecule has 1 aromatic carbocycles. The molecule has 0 spiro atoms. The van der Waals surface area contributed by atoms with Crippen LogP contribution in [0.5, 0.6) is 0 Å². The molecule has 1 aromatic rings. The zero-order valence-corrected chi connectivity index (χ0v) is 10.9. The van der Waals surface area contributed by atoms with Gasteiger partial charge in [0.25, 0.3) is 0 Å². The molecule has 1 aliphatic rings. The van der Waals surface area contributed by atoms with Gasteiger partial charge in [0, 0.05) is 6.42 Å². The van der Waals surface area contributed by atoms with Crippen LogP contribution in [0.1, 0.15) is 51.5 Å². The van der Waals surface area contributed by atoms with Crippen molar-refractivity contribution in [3.05, 3.63) is 35.9 Å². The van der Waals surface area contributed by atoms with Gasteiger partial charge in [-0.3, -0.25) is 4.79 Å². The average molecular weight is 230 g/mol. The fourth-order valence-electron chi connectivity index (χ4n) is 2.67. The van der Waals surface area contributed by atoms with Gasteiger partial charge in [-0.25, -0.2) is 0 Å². The molecule has 0 aromatic heterocycles. The first-order chi connectivity index (χ1) is 8.19. The third-order valence-electron chi connectivity index (χ3n) is 4.30. The maximum absolute atomic E-state index is 12.5. The summed E-state index contributed by atoms with van der Waals surface area (Å²) in [5, 5.41) is 0. The zero-order chi connectivity index (χ0) is 12.3. The van der Waals surface area contributed by atoms with Gasteiger partial charge in [-0.05, 0) is 24.3 Å². The van der Waals surface area contributed by atoms with Crippen LogP contribution in [0.4, 0.5) is 0 Å². The Balaban J connectivity index is 2.18. The smallest absolute Gasteiger partial charge is 0.143 e.